The van der Waals surface area contributed by atoms with Gasteiger partial charge in [-0.2, -0.15) is 0 Å². The van der Waals surface area contributed by atoms with Crippen molar-refractivity contribution in [1.29, 1.82) is 0 Å². The zero-order valence-electron chi connectivity index (χ0n) is 18.5. The number of nitrogens with one attached hydrogen (secondary N) is 1. The lowest BCUT2D eigenvalue weighted by Crippen LogP contribution is -2.25. The van der Waals surface area contributed by atoms with Crippen LogP contribution in [0.2, 0.25) is 0 Å². The number of aromatic nitrogens is 2. The molecule has 166 valence electrons. The van der Waals surface area contributed by atoms with E-state index in [9.17, 15) is 14.4 Å². The number of amides is 1. The zero-order valence-corrected chi connectivity index (χ0v) is 20.1. The van der Waals surface area contributed by atoms with Gasteiger partial charge in [0.25, 0.3) is 0 Å². The Balaban J connectivity index is 1.76. The summed E-state index contributed by atoms with van der Waals surface area (Å²) in [5.41, 5.74) is 3.82. The van der Waals surface area contributed by atoms with Gasteiger partial charge in [-0.1, -0.05) is 22.0 Å². The highest BCUT2D eigenvalue weighted by atomic mass is 79.9. The molecule has 0 fully saturated rings. The van der Waals surface area contributed by atoms with E-state index in [-0.39, 0.29) is 18.0 Å². The van der Waals surface area contributed by atoms with Crippen molar-refractivity contribution in [3.63, 3.8) is 0 Å². The highest BCUT2D eigenvalue weighted by molar-refractivity contribution is 9.10. The predicted octanol–water partition coefficient (Wildman–Crippen LogP) is 4.95. The third-order valence-corrected chi connectivity index (χ3v) is 5.76. The Morgan fingerprint density at radius 2 is 1.64 bits per heavy atom. The topological polar surface area (TPSA) is 81.1 Å². The molecule has 1 N–H and O–H groups in total. The van der Waals surface area contributed by atoms with Crippen LogP contribution in [0.3, 0.4) is 0 Å². The summed E-state index contributed by atoms with van der Waals surface area (Å²) in [6, 6.07) is 16.0. The maximum atomic E-state index is 13.1. The van der Waals surface area contributed by atoms with Crippen molar-refractivity contribution in [2.24, 2.45) is 0 Å². The van der Waals surface area contributed by atoms with Crippen LogP contribution in [0.5, 0.6) is 0 Å². The fraction of sp³-hybridized carbons (Fsp3) is 0.154. The highest BCUT2D eigenvalue weighted by Gasteiger charge is 2.19. The third-order valence-electron chi connectivity index (χ3n) is 5.23. The molecule has 0 atom stereocenters. The third kappa shape index (κ3) is 4.93. The maximum absolute atomic E-state index is 13.1. The summed E-state index contributed by atoms with van der Waals surface area (Å²) >= 11 is 3.35. The number of carbonyl (C=O) groups excluding carboxylic acids is 2. The Hall–Kier alpha value is -3.58. The van der Waals surface area contributed by atoms with Crippen LogP contribution in [-0.4, -0.2) is 21.2 Å². The van der Waals surface area contributed by atoms with Crippen LogP contribution in [0.15, 0.2) is 70.1 Å². The minimum absolute atomic E-state index is 0.00493. The van der Waals surface area contributed by atoms with E-state index < -0.39 is 11.2 Å². The van der Waals surface area contributed by atoms with Crippen molar-refractivity contribution in [1.82, 2.24) is 9.55 Å². The second-order valence-electron chi connectivity index (χ2n) is 8.08. The Morgan fingerprint density at radius 3 is 2.30 bits per heavy atom. The molecular formula is C26H22BrN3O3. The molecule has 0 aliphatic heterocycles. The number of hydrogen-bond donors (Lipinski definition) is 1. The van der Waals surface area contributed by atoms with Gasteiger partial charge in [-0.25, -0.2) is 4.98 Å². The van der Waals surface area contributed by atoms with Gasteiger partial charge in [-0.15, -0.1) is 0 Å². The van der Waals surface area contributed by atoms with Gasteiger partial charge in [0.2, 0.25) is 11.3 Å². The van der Waals surface area contributed by atoms with Crippen molar-refractivity contribution in [2.45, 2.75) is 27.3 Å². The Labute approximate surface area is 199 Å². The van der Waals surface area contributed by atoms with Crippen LogP contribution in [0.25, 0.3) is 11.0 Å². The Bertz CT molecular complexity index is 1440. The van der Waals surface area contributed by atoms with E-state index in [1.54, 1.807) is 41.0 Å². The summed E-state index contributed by atoms with van der Waals surface area (Å²) in [7, 11) is 0. The van der Waals surface area contributed by atoms with Crippen molar-refractivity contribution >= 4 is 44.3 Å². The van der Waals surface area contributed by atoms with Gasteiger partial charge >= 0.3 is 0 Å². The summed E-state index contributed by atoms with van der Waals surface area (Å²) in [6.07, 6.45) is 1.43. The average Bonchev–Trinajstić information content (AvgIpc) is 2.75. The molecule has 0 saturated carbocycles. The molecule has 33 heavy (non-hydrogen) atoms. The molecule has 0 saturated heterocycles. The second kappa shape index (κ2) is 9.11. The predicted molar refractivity (Wildman–Crippen MR) is 133 cm³/mol. The first-order valence-corrected chi connectivity index (χ1v) is 11.2. The van der Waals surface area contributed by atoms with Gasteiger partial charge in [-0.3, -0.25) is 14.4 Å². The van der Waals surface area contributed by atoms with Gasteiger partial charge in [0.05, 0.1) is 10.9 Å². The summed E-state index contributed by atoms with van der Waals surface area (Å²) in [5.74, 6) is -0.686. The van der Waals surface area contributed by atoms with E-state index >= 15 is 0 Å². The van der Waals surface area contributed by atoms with Gasteiger partial charge in [-0.05, 0) is 80.4 Å². The zero-order chi connectivity index (χ0) is 23.7. The van der Waals surface area contributed by atoms with Crippen LogP contribution < -0.4 is 10.7 Å². The van der Waals surface area contributed by atoms with Crippen molar-refractivity contribution in [2.75, 3.05) is 5.32 Å². The molecule has 0 bridgehead atoms. The highest BCUT2D eigenvalue weighted by Crippen LogP contribution is 2.17. The summed E-state index contributed by atoms with van der Waals surface area (Å²) in [4.78, 5) is 43.6. The van der Waals surface area contributed by atoms with E-state index in [0.717, 1.165) is 15.6 Å². The molecule has 2 aromatic heterocycles. The number of aryl methyl sites for hydroxylation is 3. The second-order valence-corrected chi connectivity index (χ2v) is 9.00. The first-order chi connectivity index (χ1) is 15.7. The van der Waals surface area contributed by atoms with Gasteiger partial charge in [0.1, 0.15) is 12.2 Å². The number of benzene rings is 2. The lowest BCUT2D eigenvalue weighted by Gasteiger charge is -2.14. The molecule has 0 aliphatic rings. The maximum Gasteiger partial charge on any atom is 0.244 e. The van der Waals surface area contributed by atoms with Crippen LogP contribution in [0.4, 0.5) is 5.69 Å². The summed E-state index contributed by atoms with van der Waals surface area (Å²) in [5, 5.41) is 3.19. The number of carbonyl (C=O) groups is 2. The molecular weight excluding hydrogens is 482 g/mol. The largest absolute Gasteiger partial charge is 0.325 e. The van der Waals surface area contributed by atoms with E-state index in [1.807, 2.05) is 39.0 Å². The summed E-state index contributed by atoms with van der Waals surface area (Å²) < 4.78 is 2.39. The standard InChI is InChI=1S/C26H22BrN3O3/c1-15-10-16(2)12-20(11-15)29-23(31)14-30-13-22(24(32)18-5-7-19(27)8-6-18)25(33)21-9-4-17(3)28-26(21)30/h4-13H,14H2,1-3H3,(H,29,31). The number of nitrogens with zero attached hydrogens (tertiary/aromatic N) is 2. The lowest BCUT2D eigenvalue weighted by molar-refractivity contribution is -0.116. The Kier molecular flexibility index (Phi) is 6.24. The molecule has 4 aromatic rings. The van der Waals surface area contributed by atoms with Gasteiger partial charge < -0.3 is 9.88 Å². The van der Waals surface area contributed by atoms with E-state index in [0.29, 0.717) is 28.0 Å². The van der Waals surface area contributed by atoms with Crippen LogP contribution >= 0.6 is 15.9 Å². The number of hydrogen-bond acceptors (Lipinski definition) is 4. The molecule has 2 heterocycles. The van der Waals surface area contributed by atoms with Crippen LogP contribution in [0.1, 0.15) is 32.7 Å². The number of anilines is 1. The first-order valence-electron chi connectivity index (χ1n) is 10.4. The van der Waals surface area contributed by atoms with Crippen LogP contribution in [-0.2, 0) is 11.3 Å². The number of rotatable bonds is 5. The molecule has 0 spiro atoms. The van der Waals surface area contributed by atoms with Crippen molar-refractivity contribution < 1.29 is 9.59 Å². The molecule has 0 unspecified atom stereocenters. The van der Waals surface area contributed by atoms with Gasteiger partial charge in [0.15, 0.2) is 5.78 Å². The van der Waals surface area contributed by atoms with E-state index in [2.05, 4.69) is 26.2 Å². The minimum Gasteiger partial charge on any atom is -0.325 e. The molecule has 2 aromatic carbocycles. The molecule has 6 nitrogen and oxygen atoms in total. The monoisotopic (exact) mass is 503 g/mol. The molecule has 0 radical (unpaired) electrons. The average molecular weight is 504 g/mol. The fourth-order valence-corrected chi connectivity index (χ4v) is 4.07. The quantitative estimate of drug-likeness (QED) is 0.390. The fourth-order valence-electron chi connectivity index (χ4n) is 3.80. The van der Waals surface area contributed by atoms with E-state index in [1.165, 1.54) is 6.20 Å². The number of pyridine rings is 2. The minimum atomic E-state index is -0.406. The number of halogens is 1. The SMILES string of the molecule is Cc1cc(C)cc(NC(=O)Cn2cc(C(=O)c3ccc(Br)cc3)c(=O)c3ccc(C)nc32)c1. The first kappa shape index (κ1) is 22.6. The van der Waals surface area contributed by atoms with E-state index in [4.69, 9.17) is 0 Å². The van der Waals surface area contributed by atoms with Gasteiger partial charge in [0, 0.05) is 27.6 Å². The normalized spacial score (nSPS) is 10.9. The smallest absolute Gasteiger partial charge is 0.244 e. The molecule has 4 rings (SSSR count). The Morgan fingerprint density at radius 1 is 0.970 bits per heavy atom. The lowest BCUT2D eigenvalue weighted by atomic mass is 10.0. The molecule has 1 amide bonds. The number of ketones is 1. The van der Waals surface area contributed by atoms with Crippen LogP contribution in [0, 0.1) is 20.8 Å². The summed E-state index contributed by atoms with van der Waals surface area (Å²) in [6.45, 7) is 5.64. The molecule has 7 heteroatoms. The number of fused-ring (bicyclic) bond motifs is 1. The van der Waals surface area contributed by atoms with Crippen molar-refractivity contribution in [3.05, 3.63) is 103 Å². The molecule has 0 aliphatic carbocycles. The van der Waals surface area contributed by atoms with Crippen molar-refractivity contribution in [3.8, 4) is 0 Å².